The van der Waals surface area contributed by atoms with Crippen LogP contribution in [0.1, 0.15) is 23.3 Å². The van der Waals surface area contributed by atoms with E-state index in [1.165, 1.54) is 16.7 Å². The summed E-state index contributed by atoms with van der Waals surface area (Å²) in [6, 6.07) is 29.4. The topological polar surface area (TPSA) is 47.5 Å². The van der Waals surface area contributed by atoms with Crippen LogP contribution in [-0.2, 0) is 0 Å². The summed E-state index contributed by atoms with van der Waals surface area (Å²) in [4.78, 5) is 2.22. The van der Waals surface area contributed by atoms with Crippen molar-refractivity contribution in [2.24, 2.45) is 5.92 Å². The van der Waals surface area contributed by atoms with E-state index in [0.29, 0.717) is 12.5 Å². The maximum absolute atomic E-state index is 10.5. The molecule has 0 amide bonds. The maximum atomic E-state index is 10.5. The van der Waals surface area contributed by atoms with E-state index in [1.807, 2.05) is 36.4 Å². The monoisotopic (exact) mass is 387 g/mol. The van der Waals surface area contributed by atoms with Crippen LogP contribution in [0.15, 0.2) is 84.9 Å². The third kappa shape index (κ3) is 4.92. The molecule has 4 heteroatoms. The predicted molar refractivity (Wildman–Crippen MR) is 118 cm³/mol. The summed E-state index contributed by atoms with van der Waals surface area (Å²) in [7, 11) is 2.08. The van der Waals surface area contributed by atoms with E-state index in [1.54, 1.807) is 0 Å². The summed E-state index contributed by atoms with van der Waals surface area (Å²) < 4.78 is 0. The molecule has 4 rings (SSSR count). The third-order valence-electron chi connectivity index (χ3n) is 5.69. The lowest BCUT2D eigenvalue weighted by molar-refractivity contribution is 0.117. The number of hydrazine groups is 1. The van der Waals surface area contributed by atoms with Gasteiger partial charge in [-0.2, -0.15) is 0 Å². The van der Waals surface area contributed by atoms with Gasteiger partial charge in [-0.3, -0.25) is 5.43 Å². The van der Waals surface area contributed by atoms with Crippen LogP contribution in [0.2, 0.25) is 0 Å². The minimum absolute atomic E-state index is 0.260. The van der Waals surface area contributed by atoms with E-state index >= 15 is 0 Å². The van der Waals surface area contributed by atoms with Crippen molar-refractivity contribution >= 4 is 0 Å². The lowest BCUT2D eigenvalue weighted by atomic mass is 9.93. The van der Waals surface area contributed by atoms with Gasteiger partial charge in [0, 0.05) is 25.6 Å². The Hall–Kier alpha value is -2.50. The first-order chi connectivity index (χ1) is 14.2. The first kappa shape index (κ1) is 19.8. The molecule has 1 aliphatic rings. The molecule has 0 radical (unpaired) electrons. The quantitative estimate of drug-likeness (QED) is 0.577. The molecule has 0 saturated carbocycles. The van der Waals surface area contributed by atoms with Crippen molar-refractivity contribution < 1.29 is 5.11 Å². The largest absolute Gasteiger partial charge is 0.387 e. The Balaban J connectivity index is 1.38. The molecule has 29 heavy (non-hydrogen) atoms. The first-order valence-corrected chi connectivity index (χ1v) is 10.3. The van der Waals surface area contributed by atoms with E-state index in [9.17, 15) is 5.11 Å². The average Bonchev–Trinajstić information content (AvgIpc) is 3.23. The van der Waals surface area contributed by atoms with Gasteiger partial charge >= 0.3 is 0 Å². The van der Waals surface area contributed by atoms with Crippen molar-refractivity contribution in [2.45, 2.75) is 12.1 Å². The Bertz CT molecular complexity index is 883. The minimum Gasteiger partial charge on any atom is -0.387 e. The first-order valence-electron chi connectivity index (χ1n) is 10.3. The van der Waals surface area contributed by atoms with Crippen molar-refractivity contribution in [3.63, 3.8) is 0 Å². The molecule has 150 valence electrons. The fraction of sp³-hybridized carbons (Fsp3) is 0.280. The van der Waals surface area contributed by atoms with E-state index in [-0.39, 0.29) is 6.04 Å². The number of benzene rings is 3. The number of nitrogens with one attached hydrogen (secondary N) is 2. The summed E-state index contributed by atoms with van der Waals surface area (Å²) >= 11 is 0. The molecular weight excluding hydrogens is 358 g/mol. The molecule has 3 aromatic carbocycles. The molecule has 3 unspecified atom stereocenters. The van der Waals surface area contributed by atoms with Gasteiger partial charge in [-0.05, 0) is 29.3 Å². The SMILES string of the molecule is CN(CC(O)c1ccccc1)CC1CNNC1c1ccc(-c2ccccc2)cc1. The van der Waals surface area contributed by atoms with Gasteiger partial charge in [0.2, 0.25) is 0 Å². The molecule has 0 aromatic heterocycles. The number of hydrogen-bond acceptors (Lipinski definition) is 4. The molecule has 1 heterocycles. The summed E-state index contributed by atoms with van der Waals surface area (Å²) in [6.45, 7) is 2.45. The van der Waals surface area contributed by atoms with Crippen LogP contribution in [0.4, 0.5) is 0 Å². The van der Waals surface area contributed by atoms with E-state index in [0.717, 1.165) is 18.7 Å². The predicted octanol–water partition coefficient (Wildman–Crippen LogP) is 3.78. The van der Waals surface area contributed by atoms with Crippen LogP contribution in [-0.4, -0.2) is 36.7 Å². The van der Waals surface area contributed by atoms with Crippen molar-refractivity contribution in [3.8, 4) is 11.1 Å². The number of rotatable bonds is 7. The highest BCUT2D eigenvalue weighted by molar-refractivity contribution is 5.63. The Labute approximate surface area is 173 Å². The zero-order chi connectivity index (χ0) is 20.1. The summed E-state index contributed by atoms with van der Waals surface area (Å²) in [6.07, 6.45) is -0.466. The number of aliphatic hydroxyl groups excluding tert-OH is 1. The lowest BCUT2D eigenvalue weighted by Gasteiger charge is -2.26. The van der Waals surface area contributed by atoms with Crippen LogP contribution in [0.25, 0.3) is 11.1 Å². The molecule has 1 fully saturated rings. The highest BCUT2D eigenvalue weighted by Gasteiger charge is 2.29. The number of aliphatic hydroxyl groups is 1. The second kappa shape index (κ2) is 9.33. The van der Waals surface area contributed by atoms with Gasteiger partial charge in [0.15, 0.2) is 0 Å². The molecule has 3 atom stereocenters. The molecule has 0 spiro atoms. The normalized spacial score (nSPS) is 20.1. The van der Waals surface area contributed by atoms with E-state index in [2.05, 4.69) is 71.3 Å². The van der Waals surface area contributed by atoms with Gasteiger partial charge in [-0.25, -0.2) is 5.43 Å². The highest BCUT2D eigenvalue weighted by Crippen LogP contribution is 2.28. The Morgan fingerprint density at radius 1 is 0.897 bits per heavy atom. The fourth-order valence-electron chi connectivity index (χ4n) is 4.13. The number of nitrogens with zero attached hydrogens (tertiary/aromatic N) is 1. The Kier molecular flexibility index (Phi) is 6.37. The average molecular weight is 388 g/mol. The van der Waals surface area contributed by atoms with Crippen LogP contribution >= 0.6 is 0 Å². The maximum Gasteiger partial charge on any atom is 0.0916 e. The van der Waals surface area contributed by atoms with Crippen molar-refractivity contribution in [2.75, 3.05) is 26.7 Å². The number of hydrogen-bond donors (Lipinski definition) is 3. The van der Waals surface area contributed by atoms with Crippen LogP contribution in [0, 0.1) is 5.92 Å². The fourth-order valence-corrected chi connectivity index (χ4v) is 4.13. The van der Waals surface area contributed by atoms with Gasteiger partial charge in [-0.15, -0.1) is 0 Å². The third-order valence-corrected chi connectivity index (χ3v) is 5.69. The molecule has 0 bridgehead atoms. The van der Waals surface area contributed by atoms with Gasteiger partial charge in [0.1, 0.15) is 0 Å². The molecule has 4 nitrogen and oxygen atoms in total. The smallest absolute Gasteiger partial charge is 0.0916 e. The molecule has 0 aliphatic carbocycles. The number of likely N-dealkylation sites (N-methyl/N-ethyl adjacent to an activating group) is 1. The van der Waals surface area contributed by atoms with Gasteiger partial charge in [-0.1, -0.05) is 84.9 Å². The zero-order valence-corrected chi connectivity index (χ0v) is 16.8. The minimum atomic E-state index is -0.466. The Morgan fingerprint density at radius 2 is 1.52 bits per heavy atom. The van der Waals surface area contributed by atoms with Crippen LogP contribution in [0.5, 0.6) is 0 Å². The molecule has 1 saturated heterocycles. The summed E-state index contributed by atoms with van der Waals surface area (Å²) in [5.74, 6) is 0.436. The second-order valence-electron chi connectivity index (χ2n) is 7.90. The van der Waals surface area contributed by atoms with Crippen molar-refractivity contribution in [1.29, 1.82) is 0 Å². The molecule has 1 aliphatic heterocycles. The van der Waals surface area contributed by atoms with Gasteiger partial charge in [0.05, 0.1) is 12.1 Å². The zero-order valence-electron chi connectivity index (χ0n) is 16.8. The highest BCUT2D eigenvalue weighted by atomic mass is 16.3. The second-order valence-corrected chi connectivity index (χ2v) is 7.90. The van der Waals surface area contributed by atoms with Crippen molar-refractivity contribution in [3.05, 3.63) is 96.1 Å². The molecule has 3 N–H and O–H groups in total. The van der Waals surface area contributed by atoms with Gasteiger partial charge in [0.25, 0.3) is 0 Å². The van der Waals surface area contributed by atoms with Crippen LogP contribution in [0.3, 0.4) is 0 Å². The summed E-state index contributed by atoms with van der Waals surface area (Å²) in [5, 5.41) is 10.5. The Morgan fingerprint density at radius 3 is 2.21 bits per heavy atom. The van der Waals surface area contributed by atoms with Crippen LogP contribution < -0.4 is 10.9 Å². The van der Waals surface area contributed by atoms with Crippen molar-refractivity contribution in [1.82, 2.24) is 15.8 Å². The lowest BCUT2D eigenvalue weighted by Crippen LogP contribution is -2.33. The molecular formula is C25H29N3O. The standard InChI is InChI=1S/C25H29N3O/c1-28(18-24(29)21-10-6-3-7-11-21)17-23-16-26-27-25(23)22-14-12-20(13-15-22)19-8-4-2-5-9-19/h2-15,23-27,29H,16-18H2,1H3. The summed E-state index contributed by atoms with van der Waals surface area (Å²) in [5.41, 5.74) is 11.5. The van der Waals surface area contributed by atoms with E-state index < -0.39 is 6.10 Å². The van der Waals surface area contributed by atoms with Gasteiger partial charge < -0.3 is 10.0 Å². The molecule has 3 aromatic rings. The van der Waals surface area contributed by atoms with E-state index in [4.69, 9.17) is 0 Å².